The van der Waals surface area contributed by atoms with Gasteiger partial charge < -0.3 is 10.5 Å². The molecule has 2 N–H and O–H groups in total. The van der Waals surface area contributed by atoms with Crippen molar-refractivity contribution in [2.24, 2.45) is 0 Å². The Labute approximate surface area is 117 Å². The van der Waals surface area contributed by atoms with Gasteiger partial charge in [-0.1, -0.05) is 18.2 Å². The van der Waals surface area contributed by atoms with Gasteiger partial charge in [-0.3, -0.25) is 0 Å². The molecule has 0 radical (unpaired) electrons. The highest BCUT2D eigenvalue weighted by Crippen LogP contribution is 2.33. The molecule has 5 nitrogen and oxygen atoms in total. The molecule has 0 amide bonds. The van der Waals surface area contributed by atoms with Crippen LogP contribution in [0, 0.1) is 18.3 Å². The minimum Gasteiger partial charge on any atom is -0.382 e. The quantitative estimate of drug-likeness (QED) is 0.907. The number of nitrogens with zero attached hydrogens (tertiary/aromatic N) is 3. The molecule has 102 valence electrons. The average Bonchev–Trinajstić information content (AvgIpc) is 3.07. The van der Waals surface area contributed by atoms with Crippen LogP contribution in [-0.2, 0) is 4.74 Å². The van der Waals surface area contributed by atoms with E-state index >= 15 is 0 Å². The van der Waals surface area contributed by atoms with Gasteiger partial charge in [-0.25, -0.2) is 4.68 Å². The number of aryl methyl sites for hydroxylation is 1. The van der Waals surface area contributed by atoms with Crippen LogP contribution in [0.25, 0.3) is 5.69 Å². The van der Waals surface area contributed by atoms with E-state index in [0.29, 0.717) is 23.7 Å². The number of nitriles is 1. The Hall–Kier alpha value is -2.32. The van der Waals surface area contributed by atoms with E-state index in [9.17, 15) is 5.26 Å². The Morgan fingerprint density at radius 3 is 2.90 bits per heavy atom. The van der Waals surface area contributed by atoms with Crippen molar-refractivity contribution in [1.82, 2.24) is 9.78 Å². The van der Waals surface area contributed by atoms with E-state index in [4.69, 9.17) is 10.5 Å². The van der Waals surface area contributed by atoms with Gasteiger partial charge in [-0.2, -0.15) is 10.4 Å². The summed E-state index contributed by atoms with van der Waals surface area (Å²) in [5, 5.41) is 13.9. The lowest BCUT2D eigenvalue weighted by molar-refractivity contribution is 0.108. The number of nitrogen functional groups attached to an aromatic ring is 1. The number of hydrogen-bond donors (Lipinski definition) is 1. The number of anilines is 1. The third-order valence-electron chi connectivity index (χ3n) is 3.64. The first kappa shape index (κ1) is 12.7. The fourth-order valence-electron chi connectivity index (χ4n) is 2.57. The van der Waals surface area contributed by atoms with E-state index < -0.39 is 0 Å². The van der Waals surface area contributed by atoms with Crippen LogP contribution < -0.4 is 5.73 Å². The van der Waals surface area contributed by atoms with Crippen LogP contribution in [0.3, 0.4) is 0 Å². The third kappa shape index (κ3) is 1.95. The van der Waals surface area contributed by atoms with Crippen LogP contribution >= 0.6 is 0 Å². The molecule has 1 saturated heterocycles. The number of nitrogens with two attached hydrogens (primary N) is 1. The molecule has 0 saturated carbocycles. The van der Waals surface area contributed by atoms with Crippen molar-refractivity contribution in [2.75, 3.05) is 12.3 Å². The summed E-state index contributed by atoms with van der Waals surface area (Å²) in [7, 11) is 0. The predicted molar refractivity (Wildman–Crippen MR) is 75.4 cm³/mol. The topological polar surface area (TPSA) is 76.9 Å². The summed E-state index contributed by atoms with van der Waals surface area (Å²) in [4.78, 5) is 0. The zero-order chi connectivity index (χ0) is 14.1. The summed E-state index contributed by atoms with van der Waals surface area (Å²) in [5.41, 5.74) is 9.15. The Balaban J connectivity index is 2.14. The van der Waals surface area contributed by atoms with Crippen molar-refractivity contribution in [1.29, 1.82) is 5.26 Å². The molecule has 0 aliphatic carbocycles. The fourth-order valence-corrected chi connectivity index (χ4v) is 2.57. The largest absolute Gasteiger partial charge is 0.382 e. The summed E-state index contributed by atoms with van der Waals surface area (Å²) in [6, 6.07) is 9.99. The van der Waals surface area contributed by atoms with Crippen LogP contribution in [0.1, 0.15) is 35.8 Å². The summed E-state index contributed by atoms with van der Waals surface area (Å²) < 4.78 is 7.28. The van der Waals surface area contributed by atoms with Gasteiger partial charge in [-0.15, -0.1) is 0 Å². The van der Waals surface area contributed by atoms with Crippen molar-refractivity contribution in [3.8, 4) is 11.8 Å². The van der Waals surface area contributed by atoms with Crippen LogP contribution in [0.15, 0.2) is 24.3 Å². The number of aromatic nitrogens is 2. The molecule has 5 heteroatoms. The van der Waals surface area contributed by atoms with E-state index in [0.717, 1.165) is 24.1 Å². The van der Waals surface area contributed by atoms with Crippen molar-refractivity contribution in [3.05, 3.63) is 41.1 Å². The molecule has 1 atom stereocenters. The van der Waals surface area contributed by atoms with E-state index in [-0.39, 0.29) is 6.10 Å². The maximum Gasteiger partial charge on any atom is 0.145 e. The fraction of sp³-hybridized carbons (Fsp3) is 0.333. The number of ether oxygens (including phenoxy) is 1. The van der Waals surface area contributed by atoms with E-state index in [1.54, 1.807) is 4.68 Å². The lowest BCUT2D eigenvalue weighted by atomic mass is 10.1. The van der Waals surface area contributed by atoms with Crippen molar-refractivity contribution < 1.29 is 4.74 Å². The van der Waals surface area contributed by atoms with Crippen LogP contribution in [-0.4, -0.2) is 16.4 Å². The molecule has 1 aliphatic rings. The maximum atomic E-state index is 9.35. The SMILES string of the molecule is Cc1ccccc1-n1nc(C2CCCO2)c(C#N)c1N. The van der Waals surface area contributed by atoms with Gasteiger partial charge in [0.05, 0.1) is 5.69 Å². The molecular formula is C15H16N4O. The van der Waals surface area contributed by atoms with Crippen LogP contribution in [0.5, 0.6) is 0 Å². The molecule has 1 fully saturated rings. The maximum absolute atomic E-state index is 9.35. The van der Waals surface area contributed by atoms with Crippen molar-refractivity contribution >= 4 is 5.82 Å². The summed E-state index contributed by atoms with van der Waals surface area (Å²) >= 11 is 0. The molecular weight excluding hydrogens is 252 g/mol. The second-order valence-electron chi connectivity index (χ2n) is 4.96. The molecule has 0 bridgehead atoms. The van der Waals surface area contributed by atoms with Gasteiger partial charge in [0, 0.05) is 6.61 Å². The van der Waals surface area contributed by atoms with Crippen LogP contribution in [0.4, 0.5) is 5.82 Å². The zero-order valence-electron chi connectivity index (χ0n) is 11.3. The Bertz CT molecular complexity index is 678. The normalized spacial score (nSPS) is 18.1. The Kier molecular flexibility index (Phi) is 3.17. The van der Waals surface area contributed by atoms with Gasteiger partial charge in [0.1, 0.15) is 29.2 Å². The van der Waals surface area contributed by atoms with Gasteiger partial charge >= 0.3 is 0 Å². The first-order valence-electron chi connectivity index (χ1n) is 6.68. The monoisotopic (exact) mass is 268 g/mol. The molecule has 0 spiro atoms. The number of para-hydroxylation sites is 1. The van der Waals surface area contributed by atoms with E-state index in [1.807, 2.05) is 31.2 Å². The van der Waals surface area contributed by atoms with E-state index in [2.05, 4.69) is 11.2 Å². The first-order valence-corrected chi connectivity index (χ1v) is 6.68. The second kappa shape index (κ2) is 4.99. The average molecular weight is 268 g/mol. The lowest BCUT2D eigenvalue weighted by Gasteiger charge is -2.07. The smallest absolute Gasteiger partial charge is 0.145 e. The summed E-state index contributed by atoms with van der Waals surface area (Å²) in [6.45, 7) is 2.71. The molecule has 1 unspecified atom stereocenters. The summed E-state index contributed by atoms with van der Waals surface area (Å²) in [5.74, 6) is 0.382. The van der Waals surface area contributed by atoms with Gasteiger partial charge in [0.25, 0.3) is 0 Å². The number of benzene rings is 1. The highest BCUT2D eigenvalue weighted by Gasteiger charge is 2.27. The first-order chi connectivity index (χ1) is 9.72. The molecule has 2 heterocycles. The standard InChI is InChI=1S/C15H16N4O/c1-10-5-2-3-6-12(10)19-15(17)11(9-16)14(18-19)13-7-4-8-20-13/h2-3,5-6,13H,4,7-8,17H2,1H3. The molecule has 3 rings (SSSR count). The van der Waals surface area contributed by atoms with Crippen molar-refractivity contribution in [2.45, 2.75) is 25.9 Å². The van der Waals surface area contributed by atoms with E-state index in [1.165, 1.54) is 0 Å². The highest BCUT2D eigenvalue weighted by atomic mass is 16.5. The minimum atomic E-state index is -0.114. The van der Waals surface area contributed by atoms with Gasteiger partial charge in [0.15, 0.2) is 0 Å². The molecule has 2 aromatic rings. The third-order valence-corrected chi connectivity index (χ3v) is 3.64. The molecule has 1 aromatic carbocycles. The molecule has 1 aliphatic heterocycles. The summed E-state index contributed by atoms with van der Waals surface area (Å²) in [6.07, 6.45) is 1.77. The number of hydrogen-bond acceptors (Lipinski definition) is 4. The Morgan fingerprint density at radius 2 is 2.25 bits per heavy atom. The zero-order valence-corrected chi connectivity index (χ0v) is 11.3. The van der Waals surface area contributed by atoms with Gasteiger partial charge in [-0.05, 0) is 31.4 Å². The predicted octanol–water partition coefficient (Wildman–Crippen LogP) is 2.49. The minimum absolute atomic E-state index is 0.114. The Morgan fingerprint density at radius 1 is 1.45 bits per heavy atom. The van der Waals surface area contributed by atoms with Crippen molar-refractivity contribution in [3.63, 3.8) is 0 Å². The van der Waals surface area contributed by atoms with Crippen LogP contribution in [0.2, 0.25) is 0 Å². The highest BCUT2D eigenvalue weighted by molar-refractivity contribution is 5.58. The lowest BCUT2D eigenvalue weighted by Crippen LogP contribution is -2.04. The van der Waals surface area contributed by atoms with Gasteiger partial charge in [0.2, 0.25) is 0 Å². The second-order valence-corrected chi connectivity index (χ2v) is 4.96. The molecule has 1 aromatic heterocycles. The molecule has 20 heavy (non-hydrogen) atoms. The number of rotatable bonds is 2.